The van der Waals surface area contributed by atoms with E-state index in [-0.39, 0.29) is 6.54 Å². The van der Waals surface area contributed by atoms with Gasteiger partial charge in [0, 0.05) is 24.5 Å². The van der Waals surface area contributed by atoms with Gasteiger partial charge in [-0.15, -0.1) is 4.28 Å². The van der Waals surface area contributed by atoms with Crippen LogP contribution in [0.1, 0.15) is 5.56 Å². The van der Waals surface area contributed by atoms with E-state index in [0.717, 1.165) is 0 Å². The summed E-state index contributed by atoms with van der Waals surface area (Å²) in [6.07, 6.45) is 6.26. The van der Waals surface area contributed by atoms with Gasteiger partial charge in [-0.3, -0.25) is 4.55 Å². The second-order valence-corrected chi connectivity index (χ2v) is 5.32. The maximum Gasteiger partial charge on any atom is 0.418 e. The van der Waals surface area contributed by atoms with Crippen LogP contribution in [0.15, 0.2) is 24.8 Å². The molecule has 1 aromatic rings. The topological polar surface area (TPSA) is 113 Å². The van der Waals surface area contributed by atoms with Gasteiger partial charge in [0.1, 0.15) is 12.4 Å². The highest BCUT2D eigenvalue weighted by atomic mass is 32.3. The molecule has 0 radical (unpaired) electrons. The van der Waals surface area contributed by atoms with Crippen molar-refractivity contribution >= 4 is 22.0 Å². The van der Waals surface area contributed by atoms with Crippen LogP contribution in [0.5, 0.6) is 0 Å². The minimum atomic E-state index is -4.76. The van der Waals surface area contributed by atoms with Crippen LogP contribution in [0, 0.1) is 0 Å². The Morgan fingerprint density at radius 3 is 2.70 bits per heavy atom. The van der Waals surface area contributed by atoms with Crippen LogP contribution in [0.2, 0.25) is 0 Å². The fourth-order valence-corrected chi connectivity index (χ4v) is 2.67. The lowest BCUT2D eigenvalue weighted by atomic mass is 9.99. The molecule has 2 aliphatic rings. The van der Waals surface area contributed by atoms with Gasteiger partial charge in [-0.2, -0.15) is 13.5 Å². The lowest BCUT2D eigenvalue weighted by Gasteiger charge is -2.23. The van der Waals surface area contributed by atoms with Crippen LogP contribution in [0.3, 0.4) is 0 Å². The molecule has 1 fully saturated rings. The summed E-state index contributed by atoms with van der Waals surface area (Å²) in [5, 5.41) is 0.654. The van der Waals surface area contributed by atoms with Crippen molar-refractivity contribution in [2.45, 2.75) is 6.04 Å². The number of nitrogens with zero attached hydrogens (tertiary/aromatic N) is 4. The van der Waals surface area contributed by atoms with Gasteiger partial charge in [0.15, 0.2) is 0 Å². The molecule has 20 heavy (non-hydrogen) atoms. The van der Waals surface area contributed by atoms with Crippen molar-refractivity contribution in [3.05, 3.63) is 30.4 Å². The van der Waals surface area contributed by atoms with Crippen molar-refractivity contribution in [2.75, 3.05) is 13.1 Å². The zero-order chi connectivity index (χ0) is 14.3. The van der Waals surface area contributed by atoms with Gasteiger partial charge >= 0.3 is 16.4 Å². The molecule has 9 nitrogen and oxygen atoms in total. The second-order valence-electron chi connectivity index (χ2n) is 4.32. The number of aromatic nitrogens is 2. The Balaban J connectivity index is 1.96. The van der Waals surface area contributed by atoms with E-state index in [4.69, 9.17) is 4.55 Å². The Labute approximate surface area is 114 Å². The van der Waals surface area contributed by atoms with E-state index >= 15 is 0 Å². The van der Waals surface area contributed by atoms with Crippen LogP contribution in [-0.4, -0.2) is 58.1 Å². The zero-order valence-electron chi connectivity index (χ0n) is 10.1. The number of carbonyl (C=O) groups is 1. The molecule has 0 aromatic carbocycles. The molecular weight excluding hydrogens is 288 g/mol. The summed E-state index contributed by atoms with van der Waals surface area (Å²) in [6, 6.07) is -1.25. The van der Waals surface area contributed by atoms with Gasteiger partial charge < -0.3 is 4.90 Å². The number of urea groups is 1. The van der Waals surface area contributed by atoms with Crippen LogP contribution in [0.25, 0.3) is 5.57 Å². The highest BCUT2D eigenvalue weighted by Crippen LogP contribution is 2.32. The monoisotopic (exact) mass is 298 g/mol. The molecule has 1 unspecified atom stereocenters. The van der Waals surface area contributed by atoms with Crippen LogP contribution >= 0.6 is 0 Å². The van der Waals surface area contributed by atoms with Crippen molar-refractivity contribution in [3.8, 4) is 0 Å². The summed E-state index contributed by atoms with van der Waals surface area (Å²) >= 11 is 0. The zero-order valence-corrected chi connectivity index (χ0v) is 10.9. The second kappa shape index (κ2) is 4.51. The quantitative estimate of drug-likeness (QED) is 0.763. The summed E-state index contributed by atoms with van der Waals surface area (Å²) in [5.74, 6) is 0. The van der Waals surface area contributed by atoms with E-state index < -0.39 is 22.5 Å². The highest BCUT2D eigenvalue weighted by molar-refractivity contribution is 7.80. The molecule has 2 amide bonds. The fourth-order valence-electron chi connectivity index (χ4n) is 2.30. The Morgan fingerprint density at radius 1 is 1.35 bits per heavy atom. The minimum absolute atomic E-state index is 0.273. The van der Waals surface area contributed by atoms with Crippen molar-refractivity contribution in [1.29, 1.82) is 0 Å². The van der Waals surface area contributed by atoms with Crippen molar-refractivity contribution in [3.63, 3.8) is 0 Å². The van der Waals surface area contributed by atoms with E-state index in [0.29, 0.717) is 22.7 Å². The Bertz CT molecular complexity index is 674. The maximum absolute atomic E-state index is 11.9. The van der Waals surface area contributed by atoms with Crippen molar-refractivity contribution in [2.24, 2.45) is 0 Å². The molecule has 1 aromatic heterocycles. The number of fused-ring (bicyclic) bond motifs is 2. The van der Waals surface area contributed by atoms with Crippen molar-refractivity contribution < 1.29 is 22.0 Å². The third kappa shape index (κ3) is 2.24. The van der Waals surface area contributed by atoms with Gasteiger partial charge in [-0.1, -0.05) is 6.08 Å². The highest BCUT2D eigenvalue weighted by Gasteiger charge is 2.45. The van der Waals surface area contributed by atoms with E-state index in [9.17, 15) is 13.2 Å². The van der Waals surface area contributed by atoms with E-state index in [1.165, 1.54) is 11.2 Å². The summed E-state index contributed by atoms with van der Waals surface area (Å²) in [6.45, 7) is 0.597. The van der Waals surface area contributed by atoms with Crippen molar-refractivity contribution in [1.82, 2.24) is 19.9 Å². The molecule has 1 atom stereocenters. The summed E-state index contributed by atoms with van der Waals surface area (Å²) < 4.78 is 34.8. The predicted octanol–water partition coefficient (Wildman–Crippen LogP) is -0.286. The molecule has 10 heteroatoms. The smallest absolute Gasteiger partial charge is 0.317 e. The van der Waals surface area contributed by atoms with Gasteiger partial charge in [-0.05, 0) is 5.57 Å². The first-order chi connectivity index (χ1) is 9.46. The normalized spacial score (nSPS) is 22.1. The first-order valence-corrected chi connectivity index (χ1v) is 7.03. The van der Waals surface area contributed by atoms with Gasteiger partial charge in [0.05, 0.1) is 6.54 Å². The Kier molecular flexibility index (Phi) is 2.92. The Hall–Kier alpha value is -2.04. The molecule has 0 aliphatic carbocycles. The first kappa shape index (κ1) is 13.0. The number of rotatable bonds is 3. The van der Waals surface area contributed by atoms with Gasteiger partial charge in [-0.25, -0.2) is 14.8 Å². The standard InChI is InChI=1S/C10H10N4O5S/c15-10-13-2-1-8(7-3-11-6-12-4-7)9(5-13)14(10)19-20(16,17)18/h1,3-4,6,9H,2,5H2,(H,16,17,18). The van der Waals surface area contributed by atoms with E-state index in [1.807, 2.05) is 0 Å². The number of carbonyl (C=O) groups excluding carboxylic acids is 1. The van der Waals surface area contributed by atoms with E-state index in [2.05, 4.69) is 14.3 Å². The molecule has 3 rings (SSSR count). The predicted molar refractivity (Wildman–Crippen MR) is 65.2 cm³/mol. The van der Waals surface area contributed by atoms with E-state index in [1.54, 1.807) is 18.5 Å². The number of hydrogen-bond donors (Lipinski definition) is 1. The number of amides is 2. The number of hydroxylamine groups is 2. The SMILES string of the molecule is O=C1N2CC=C(c3cncnc3)C(C2)N1OS(=O)(=O)O. The lowest BCUT2D eigenvalue weighted by molar-refractivity contribution is -0.0160. The van der Waals surface area contributed by atoms with Crippen LogP contribution < -0.4 is 0 Å². The maximum atomic E-state index is 11.9. The average molecular weight is 298 g/mol. The van der Waals surface area contributed by atoms with Gasteiger partial charge in [0.25, 0.3) is 0 Å². The van der Waals surface area contributed by atoms with Crippen LogP contribution in [-0.2, 0) is 14.7 Å². The first-order valence-electron chi connectivity index (χ1n) is 5.66. The molecular formula is C10H10N4O5S. The molecule has 106 valence electrons. The van der Waals surface area contributed by atoms with Crippen LogP contribution in [0.4, 0.5) is 4.79 Å². The molecule has 0 saturated carbocycles. The van der Waals surface area contributed by atoms with Gasteiger partial charge in [0.2, 0.25) is 0 Å². The largest absolute Gasteiger partial charge is 0.418 e. The molecule has 2 aliphatic heterocycles. The summed E-state index contributed by atoms with van der Waals surface area (Å²) in [5.41, 5.74) is 1.34. The molecule has 1 saturated heterocycles. The third-order valence-corrected chi connectivity index (χ3v) is 3.44. The third-order valence-electron chi connectivity index (χ3n) is 3.09. The molecule has 1 N–H and O–H groups in total. The fraction of sp³-hybridized carbons (Fsp3) is 0.300. The number of hydrogen-bond acceptors (Lipinski definition) is 6. The summed E-state index contributed by atoms with van der Waals surface area (Å²) in [7, 11) is -4.76. The summed E-state index contributed by atoms with van der Waals surface area (Å²) in [4.78, 5) is 21.1. The average Bonchev–Trinajstić information content (AvgIpc) is 2.64. The Morgan fingerprint density at radius 2 is 2.05 bits per heavy atom. The molecule has 2 bridgehead atoms. The lowest BCUT2D eigenvalue weighted by Crippen LogP contribution is -2.36. The molecule has 3 heterocycles. The minimum Gasteiger partial charge on any atom is -0.317 e. The molecule has 0 spiro atoms.